The first-order valence-electron chi connectivity index (χ1n) is 8.42. The molecule has 0 unspecified atom stereocenters. The van der Waals surface area contributed by atoms with Crippen molar-refractivity contribution in [3.05, 3.63) is 17.0 Å². The minimum absolute atomic E-state index is 0.221. The van der Waals surface area contributed by atoms with Crippen LogP contribution in [0.2, 0.25) is 0 Å². The number of rotatable bonds is 7. The lowest BCUT2D eigenvalue weighted by Gasteiger charge is -2.35. The summed E-state index contributed by atoms with van der Waals surface area (Å²) < 4.78 is 10.6. The third-order valence-electron chi connectivity index (χ3n) is 4.51. The van der Waals surface area contributed by atoms with E-state index in [-0.39, 0.29) is 5.91 Å². The molecule has 0 saturated carbocycles. The van der Waals surface area contributed by atoms with Gasteiger partial charge in [0.25, 0.3) is 0 Å². The Hall–Kier alpha value is -1.40. The molecule has 23 heavy (non-hydrogen) atoms. The number of aromatic nitrogens is 1. The summed E-state index contributed by atoms with van der Waals surface area (Å²) in [6.07, 6.45) is 3.07. The van der Waals surface area contributed by atoms with Gasteiger partial charge in [0.1, 0.15) is 5.76 Å². The maximum absolute atomic E-state index is 12.8. The van der Waals surface area contributed by atoms with Crippen LogP contribution in [0.1, 0.15) is 36.3 Å². The molecule has 0 aliphatic carbocycles. The van der Waals surface area contributed by atoms with Gasteiger partial charge in [0, 0.05) is 44.3 Å². The van der Waals surface area contributed by atoms with Gasteiger partial charge in [0.05, 0.1) is 5.69 Å². The molecule has 1 aliphatic heterocycles. The number of likely N-dealkylation sites (N-methyl/N-ethyl adjacent to an activating group) is 1. The maximum atomic E-state index is 12.8. The number of ether oxygens (including phenoxy) is 1. The second-order valence-corrected chi connectivity index (χ2v) is 6.54. The summed E-state index contributed by atoms with van der Waals surface area (Å²) in [5, 5.41) is 3.97. The Morgan fingerprint density at radius 2 is 1.91 bits per heavy atom. The second-order valence-electron chi connectivity index (χ2n) is 6.54. The molecule has 0 spiro atoms. The zero-order valence-electron chi connectivity index (χ0n) is 14.8. The summed E-state index contributed by atoms with van der Waals surface area (Å²) in [4.78, 5) is 17.0. The first-order chi connectivity index (χ1) is 11.0. The van der Waals surface area contributed by atoms with Crippen molar-refractivity contribution in [2.75, 3.05) is 40.4 Å². The Morgan fingerprint density at radius 3 is 2.48 bits per heavy atom. The van der Waals surface area contributed by atoms with E-state index in [1.165, 1.54) is 0 Å². The molecule has 0 N–H and O–H groups in total. The standard InChI is InChI=1S/C17H29N3O3/c1-13-16(14(2)23-18-13)5-6-17(21)20(10-9-19(3)4)15-7-11-22-12-8-15/h15H,5-12H2,1-4H3. The molecule has 0 atom stereocenters. The molecule has 1 amide bonds. The zero-order chi connectivity index (χ0) is 16.8. The van der Waals surface area contributed by atoms with E-state index in [1.54, 1.807) is 0 Å². The molecule has 1 aromatic heterocycles. The number of hydrogen-bond donors (Lipinski definition) is 0. The van der Waals surface area contributed by atoms with Crippen molar-refractivity contribution >= 4 is 5.91 Å². The van der Waals surface area contributed by atoms with Crippen LogP contribution < -0.4 is 0 Å². The third-order valence-corrected chi connectivity index (χ3v) is 4.51. The number of hydrogen-bond acceptors (Lipinski definition) is 5. The van der Waals surface area contributed by atoms with Gasteiger partial charge in [-0.15, -0.1) is 0 Å². The van der Waals surface area contributed by atoms with Crippen LogP contribution in [0.5, 0.6) is 0 Å². The smallest absolute Gasteiger partial charge is 0.223 e. The number of nitrogens with zero attached hydrogens (tertiary/aromatic N) is 3. The van der Waals surface area contributed by atoms with E-state index in [9.17, 15) is 4.79 Å². The third kappa shape index (κ3) is 5.04. The molecule has 0 aromatic carbocycles. The Morgan fingerprint density at radius 1 is 1.22 bits per heavy atom. The lowest BCUT2D eigenvalue weighted by atomic mass is 10.0. The molecule has 2 rings (SSSR count). The van der Waals surface area contributed by atoms with Crippen LogP contribution in [0.3, 0.4) is 0 Å². The van der Waals surface area contributed by atoms with Crippen molar-refractivity contribution in [2.45, 2.75) is 45.6 Å². The van der Waals surface area contributed by atoms with Gasteiger partial charge in [0.2, 0.25) is 5.91 Å². The van der Waals surface area contributed by atoms with Gasteiger partial charge in [0.15, 0.2) is 0 Å². The van der Waals surface area contributed by atoms with Crippen LogP contribution in [-0.2, 0) is 16.0 Å². The van der Waals surface area contributed by atoms with E-state index < -0.39 is 0 Å². The molecule has 2 heterocycles. The molecule has 1 aromatic rings. The Kier molecular flexibility index (Phi) is 6.59. The fourth-order valence-corrected chi connectivity index (χ4v) is 3.05. The molecule has 1 saturated heterocycles. The molecule has 1 aliphatic rings. The lowest BCUT2D eigenvalue weighted by Crippen LogP contribution is -2.46. The molecular formula is C17H29N3O3. The zero-order valence-corrected chi connectivity index (χ0v) is 14.8. The highest BCUT2D eigenvalue weighted by Crippen LogP contribution is 2.18. The molecule has 0 radical (unpaired) electrons. The lowest BCUT2D eigenvalue weighted by molar-refractivity contribution is -0.135. The average Bonchev–Trinajstić information content (AvgIpc) is 2.85. The SMILES string of the molecule is Cc1noc(C)c1CCC(=O)N(CCN(C)C)C1CCOCC1. The van der Waals surface area contributed by atoms with Gasteiger partial charge < -0.3 is 19.1 Å². The predicted molar refractivity (Wildman–Crippen MR) is 88.4 cm³/mol. The largest absolute Gasteiger partial charge is 0.381 e. The first-order valence-corrected chi connectivity index (χ1v) is 8.42. The van der Waals surface area contributed by atoms with Crippen LogP contribution in [0.15, 0.2) is 4.52 Å². The Balaban J connectivity index is 1.97. The van der Waals surface area contributed by atoms with E-state index >= 15 is 0 Å². The highest BCUT2D eigenvalue weighted by Gasteiger charge is 2.25. The Bertz CT molecular complexity index is 488. The summed E-state index contributed by atoms with van der Waals surface area (Å²) in [6, 6.07) is 0.306. The van der Waals surface area contributed by atoms with E-state index in [4.69, 9.17) is 9.26 Å². The van der Waals surface area contributed by atoms with Crippen LogP contribution in [0.4, 0.5) is 0 Å². The van der Waals surface area contributed by atoms with Crippen molar-refractivity contribution in [3.63, 3.8) is 0 Å². The topological polar surface area (TPSA) is 58.8 Å². The highest BCUT2D eigenvalue weighted by molar-refractivity contribution is 5.77. The Labute approximate surface area is 138 Å². The highest BCUT2D eigenvalue weighted by atomic mass is 16.5. The molecule has 6 heteroatoms. The van der Waals surface area contributed by atoms with E-state index in [0.29, 0.717) is 18.9 Å². The van der Waals surface area contributed by atoms with Crippen LogP contribution in [0.25, 0.3) is 0 Å². The van der Waals surface area contributed by atoms with Gasteiger partial charge in [-0.05, 0) is 47.2 Å². The van der Waals surface area contributed by atoms with Gasteiger partial charge in [-0.3, -0.25) is 4.79 Å². The average molecular weight is 323 g/mol. The summed E-state index contributed by atoms with van der Waals surface area (Å²) in [7, 11) is 4.08. The van der Waals surface area contributed by atoms with Crippen molar-refractivity contribution in [2.24, 2.45) is 0 Å². The molecule has 0 bridgehead atoms. The normalized spacial score (nSPS) is 16.0. The van der Waals surface area contributed by atoms with Gasteiger partial charge in [-0.1, -0.05) is 5.16 Å². The summed E-state index contributed by atoms with van der Waals surface area (Å²) in [5.74, 6) is 1.04. The molecule has 6 nitrogen and oxygen atoms in total. The summed E-state index contributed by atoms with van der Waals surface area (Å²) in [5.41, 5.74) is 1.96. The molecular weight excluding hydrogens is 294 g/mol. The van der Waals surface area contributed by atoms with Crippen molar-refractivity contribution in [1.82, 2.24) is 15.0 Å². The number of carbonyl (C=O) groups is 1. The number of amides is 1. The fourth-order valence-electron chi connectivity index (χ4n) is 3.05. The van der Waals surface area contributed by atoms with Gasteiger partial charge in [-0.25, -0.2) is 0 Å². The van der Waals surface area contributed by atoms with Crippen LogP contribution in [-0.4, -0.2) is 67.3 Å². The second kappa shape index (κ2) is 8.45. The first kappa shape index (κ1) is 17.9. The maximum Gasteiger partial charge on any atom is 0.223 e. The summed E-state index contributed by atoms with van der Waals surface area (Å²) in [6.45, 7) is 6.99. The van der Waals surface area contributed by atoms with E-state index in [0.717, 1.165) is 56.2 Å². The molecule has 130 valence electrons. The number of carbonyl (C=O) groups excluding carboxylic acids is 1. The van der Waals surface area contributed by atoms with Crippen molar-refractivity contribution in [1.29, 1.82) is 0 Å². The van der Waals surface area contributed by atoms with Gasteiger partial charge >= 0.3 is 0 Å². The molecule has 1 fully saturated rings. The minimum atomic E-state index is 0.221. The quantitative estimate of drug-likeness (QED) is 0.766. The van der Waals surface area contributed by atoms with Crippen molar-refractivity contribution < 1.29 is 14.1 Å². The van der Waals surface area contributed by atoms with Crippen LogP contribution >= 0.6 is 0 Å². The monoisotopic (exact) mass is 323 g/mol. The summed E-state index contributed by atoms with van der Waals surface area (Å²) >= 11 is 0. The van der Waals surface area contributed by atoms with Crippen molar-refractivity contribution in [3.8, 4) is 0 Å². The van der Waals surface area contributed by atoms with Gasteiger partial charge in [-0.2, -0.15) is 0 Å². The van der Waals surface area contributed by atoms with E-state index in [2.05, 4.69) is 15.0 Å². The van der Waals surface area contributed by atoms with Crippen LogP contribution in [0, 0.1) is 13.8 Å². The predicted octanol–water partition coefficient (Wildman–Crippen LogP) is 1.79. The number of aryl methyl sites for hydroxylation is 2. The minimum Gasteiger partial charge on any atom is -0.381 e. The van der Waals surface area contributed by atoms with E-state index in [1.807, 2.05) is 27.9 Å². The fraction of sp³-hybridized carbons (Fsp3) is 0.765.